The van der Waals surface area contributed by atoms with Gasteiger partial charge in [-0.2, -0.15) is 0 Å². The lowest BCUT2D eigenvalue weighted by Crippen LogP contribution is -2.24. The van der Waals surface area contributed by atoms with Crippen molar-refractivity contribution in [1.82, 2.24) is 0 Å². The first-order valence-corrected chi connectivity index (χ1v) is 7.05. The third-order valence-electron chi connectivity index (χ3n) is 5.69. The molecule has 0 spiro atoms. The first kappa shape index (κ1) is 12.9. The molecule has 1 unspecified atom stereocenters. The minimum absolute atomic E-state index is 0.204. The Bertz CT molecular complexity index is 371. The molecule has 2 saturated carbocycles. The van der Waals surface area contributed by atoms with Crippen molar-refractivity contribution in [2.24, 2.45) is 22.2 Å². The highest BCUT2D eigenvalue weighted by Gasteiger charge is 2.66. The van der Waals surface area contributed by atoms with Crippen LogP contribution in [0.2, 0.25) is 0 Å². The van der Waals surface area contributed by atoms with Crippen molar-refractivity contribution in [3.05, 3.63) is 23.8 Å². The summed E-state index contributed by atoms with van der Waals surface area (Å²) in [6.07, 6.45) is 6.51. The van der Waals surface area contributed by atoms with Crippen molar-refractivity contribution in [1.29, 1.82) is 0 Å². The molecule has 2 aliphatic rings. The molecule has 0 aromatic rings. The second-order valence-electron chi connectivity index (χ2n) is 7.68. The minimum Gasteiger partial charge on any atom is -0.0953 e. The molecule has 0 heteroatoms. The first-order valence-electron chi connectivity index (χ1n) is 7.05. The number of hydrogen-bond donors (Lipinski definition) is 0. The van der Waals surface area contributed by atoms with E-state index in [-0.39, 0.29) is 5.41 Å². The maximum atomic E-state index is 4.27. The van der Waals surface area contributed by atoms with E-state index in [4.69, 9.17) is 0 Å². The first-order chi connectivity index (χ1) is 7.65. The standard InChI is InChI=1S/C17H28/c1-8-17-11-14(17)10-13(16(17,6)7)9-12(2)15(3,4)5/h9,14H,2,8,10-11H2,1,3-7H3/b13-9+/t14?,17-/m1/s1. The summed E-state index contributed by atoms with van der Waals surface area (Å²) in [4.78, 5) is 0. The van der Waals surface area contributed by atoms with Crippen LogP contribution in [0.15, 0.2) is 23.8 Å². The summed E-state index contributed by atoms with van der Waals surface area (Å²) in [6, 6.07) is 0. The molecule has 2 aliphatic carbocycles. The Morgan fingerprint density at radius 1 is 1.41 bits per heavy atom. The van der Waals surface area contributed by atoms with Gasteiger partial charge in [0.2, 0.25) is 0 Å². The average molecular weight is 232 g/mol. The zero-order valence-electron chi connectivity index (χ0n) is 12.5. The SMILES string of the molecule is C=C(/C=C1\CC2C[C@@]2(CC)C1(C)C)C(C)(C)C. The molecule has 17 heavy (non-hydrogen) atoms. The summed E-state index contributed by atoms with van der Waals surface area (Å²) in [7, 11) is 0. The molecular weight excluding hydrogens is 204 g/mol. The van der Waals surface area contributed by atoms with Gasteiger partial charge in [-0.25, -0.2) is 0 Å². The molecule has 0 N–H and O–H groups in total. The smallest absolute Gasteiger partial charge is 0.00822 e. The van der Waals surface area contributed by atoms with Gasteiger partial charge < -0.3 is 0 Å². The Morgan fingerprint density at radius 2 is 2.00 bits per heavy atom. The molecule has 96 valence electrons. The Kier molecular flexibility index (Phi) is 2.66. The fourth-order valence-corrected chi connectivity index (χ4v) is 3.80. The van der Waals surface area contributed by atoms with Crippen LogP contribution in [-0.2, 0) is 0 Å². The number of fused-ring (bicyclic) bond motifs is 1. The minimum atomic E-state index is 0.204. The summed E-state index contributed by atoms with van der Waals surface area (Å²) in [5, 5.41) is 0. The van der Waals surface area contributed by atoms with E-state index in [9.17, 15) is 0 Å². The van der Waals surface area contributed by atoms with E-state index in [0.29, 0.717) is 10.8 Å². The number of rotatable bonds is 2. The lowest BCUT2D eigenvalue weighted by molar-refractivity contribution is 0.244. The van der Waals surface area contributed by atoms with Crippen LogP contribution < -0.4 is 0 Å². The molecule has 0 aliphatic heterocycles. The third kappa shape index (κ3) is 1.72. The average Bonchev–Trinajstić information content (AvgIpc) is 2.85. The molecule has 2 fully saturated rings. The van der Waals surface area contributed by atoms with Crippen LogP contribution in [-0.4, -0.2) is 0 Å². The molecule has 0 aromatic heterocycles. The normalized spacial score (nSPS) is 37.1. The van der Waals surface area contributed by atoms with Crippen LogP contribution in [0.5, 0.6) is 0 Å². The second kappa shape index (κ2) is 3.49. The van der Waals surface area contributed by atoms with Crippen molar-refractivity contribution < 1.29 is 0 Å². The zero-order valence-corrected chi connectivity index (χ0v) is 12.5. The Labute approximate surface area is 107 Å². The lowest BCUT2D eigenvalue weighted by Gasteiger charge is -2.33. The molecule has 0 amide bonds. The van der Waals surface area contributed by atoms with Gasteiger partial charge in [-0.3, -0.25) is 0 Å². The van der Waals surface area contributed by atoms with Gasteiger partial charge in [0.1, 0.15) is 0 Å². The Hall–Kier alpha value is -0.520. The second-order valence-corrected chi connectivity index (χ2v) is 7.68. The van der Waals surface area contributed by atoms with Crippen LogP contribution in [0, 0.1) is 22.2 Å². The van der Waals surface area contributed by atoms with E-state index in [1.54, 1.807) is 5.57 Å². The zero-order chi connectivity index (χ0) is 13.1. The van der Waals surface area contributed by atoms with Gasteiger partial charge in [0.25, 0.3) is 0 Å². The number of hydrogen-bond acceptors (Lipinski definition) is 0. The molecule has 2 rings (SSSR count). The van der Waals surface area contributed by atoms with Crippen LogP contribution in [0.4, 0.5) is 0 Å². The van der Waals surface area contributed by atoms with E-state index in [2.05, 4.69) is 54.2 Å². The van der Waals surface area contributed by atoms with Gasteiger partial charge in [0.15, 0.2) is 0 Å². The van der Waals surface area contributed by atoms with Crippen molar-refractivity contribution in [3.8, 4) is 0 Å². The van der Waals surface area contributed by atoms with Gasteiger partial charge in [0.05, 0.1) is 0 Å². The Morgan fingerprint density at radius 3 is 2.41 bits per heavy atom. The molecule has 0 nitrogen and oxygen atoms in total. The molecule has 0 heterocycles. The maximum absolute atomic E-state index is 4.27. The summed E-state index contributed by atoms with van der Waals surface area (Å²) < 4.78 is 0. The van der Waals surface area contributed by atoms with Gasteiger partial charge in [-0.15, -0.1) is 0 Å². The summed E-state index contributed by atoms with van der Waals surface area (Å²) in [5.41, 5.74) is 4.15. The third-order valence-corrected chi connectivity index (χ3v) is 5.69. The van der Waals surface area contributed by atoms with E-state index in [1.807, 2.05) is 0 Å². The fraction of sp³-hybridized carbons (Fsp3) is 0.765. The van der Waals surface area contributed by atoms with E-state index in [0.717, 1.165) is 5.92 Å². The maximum Gasteiger partial charge on any atom is -0.00822 e. The predicted octanol–water partition coefficient (Wildman–Crippen LogP) is 5.36. The highest BCUT2D eigenvalue weighted by atomic mass is 14.7. The van der Waals surface area contributed by atoms with E-state index < -0.39 is 0 Å². The van der Waals surface area contributed by atoms with Gasteiger partial charge in [-0.1, -0.05) is 59.8 Å². The summed E-state index contributed by atoms with van der Waals surface area (Å²) in [5.74, 6) is 0.960. The van der Waals surface area contributed by atoms with E-state index in [1.165, 1.54) is 24.8 Å². The quantitative estimate of drug-likeness (QED) is 0.601. The molecule has 0 aromatic carbocycles. The van der Waals surface area contributed by atoms with Crippen molar-refractivity contribution in [2.45, 2.75) is 60.8 Å². The van der Waals surface area contributed by atoms with Crippen LogP contribution in [0.1, 0.15) is 60.8 Å². The largest absolute Gasteiger partial charge is 0.0953 e. The van der Waals surface area contributed by atoms with Crippen LogP contribution in [0.3, 0.4) is 0 Å². The number of allylic oxidation sites excluding steroid dienone is 3. The molecule has 0 radical (unpaired) electrons. The molecular formula is C17H28. The topological polar surface area (TPSA) is 0 Å². The summed E-state index contributed by atoms with van der Waals surface area (Å²) in [6.45, 7) is 18.3. The van der Waals surface area contributed by atoms with Gasteiger partial charge in [0, 0.05) is 0 Å². The molecule has 2 atom stereocenters. The fourth-order valence-electron chi connectivity index (χ4n) is 3.80. The Balaban J connectivity index is 2.27. The lowest BCUT2D eigenvalue weighted by atomic mass is 9.71. The van der Waals surface area contributed by atoms with Crippen LogP contribution >= 0.6 is 0 Å². The predicted molar refractivity (Wildman–Crippen MR) is 75.9 cm³/mol. The molecule has 0 bridgehead atoms. The van der Waals surface area contributed by atoms with Crippen molar-refractivity contribution >= 4 is 0 Å². The molecule has 0 saturated heterocycles. The van der Waals surface area contributed by atoms with Crippen molar-refractivity contribution in [3.63, 3.8) is 0 Å². The highest BCUT2D eigenvalue weighted by Crippen LogP contribution is 2.75. The van der Waals surface area contributed by atoms with Crippen molar-refractivity contribution in [2.75, 3.05) is 0 Å². The monoisotopic (exact) mass is 232 g/mol. The van der Waals surface area contributed by atoms with Gasteiger partial charge >= 0.3 is 0 Å². The van der Waals surface area contributed by atoms with Crippen LogP contribution in [0.25, 0.3) is 0 Å². The van der Waals surface area contributed by atoms with Gasteiger partial charge in [-0.05, 0) is 47.0 Å². The highest BCUT2D eigenvalue weighted by molar-refractivity contribution is 5.38. The summed E-state index contributed by atoms with van der Waals surface area (Å²) >= 11 is 0. The van der Waals surface area contributed by atoms with E-state index >= 15 is 0 Å².